The van der Waals surface area contributed by atoms with Gasteiger partial charge in [-0.05, 0) is 50.6 Å². The predicted octanol–water partition coefficient (Wildman–Crippen LogP) is 2.41. The third-order valence-corrected chi connectivity index (χ3v) is 6.03. The Morgan fingerprint density at radius 1 is 1.24 bits per heavy atom. The van der Waals surface area contributed by atoms with Gasteiger partial charge in [-0.1, -0.05) is 18.3 Å². The van der Waals surface area contributed by atoms with Crippen LogP contribution in [0.25, 0.3) is 0 Å². The summed E-state index contributed by atoms with van der Waals surface area (Å²) in [6.07, 6.45) is 5.14. The average Bonchev–Trinajstić information content (AvgIpc) is 3.01. The second-order valence-corrected chi connectivity index (χ2v) is 7.30. The highest BCUT2D eigenvalue weighted by molar-refractivity contribution is 5.94. The molecule has 0 saturated carbocycles. The van der Waals surface area contributed by atoms with Crippen LogP contribution in [0.2, 0.25) is 0 Å². The molecule has 3 heterocycles. The van der Waals surface area contributed by atoms with E-state index in [1.165, 1.54) is 18.4 Å². The van der Waals surface area contributed by atoms with Gasteiger partial charge in [-0.25, -0.2) is 4.79 Å². The minimum atomic E-state index is -0.512. The van der Waals surface area contributed by atoms with Gasteiger partial charge in [0.25, 0.3) is 0 Å². The molecule has 0 aromatic heterocycles. The molecule has 25 heavy (non-hydrogen) atoms. The van der Waals surface area contributed by atoms with Gasteiger partial charge in [-0.15, -0.1) is 0 Å². The van der Waals surface area contributed by atoms with Gasteiger partial charge in [0.2, 0.25) is 0 Å². The molecule has 1 aliphatic carbocycles. The highest BCUT2D eigenvalue weighted by atomic mass is 16.6. The van der Waals surface area contributed by atoms with Crippen molar-refractivity contribution in [1.29, 1.82) is 0 Å². The van der Waals surface area contributed by atoms with Crippen molar-refractivity contribution in [3.63, 3.8) is 0 Å². The molecular formula is C21H20N2O2. The molecule has 4 nitrogen and oxygen atoms in total. The Morgan fingerprint density at radius 3 is 2.84 bits per heavy atom. The minimum Gasteiger partial charge on any atom is -0.445 e. The van der Waals surface area contributed by atoms with Crippen molar-refractivity contribution in [2.75, 3.05) is 12.3 Å². The first-order valence-corrected chi connectivity index (χ1v) is 8.95. The number of carbonyl (C=O) groups is 1. The van der Waals surface area contributed by atoms with Gasteiger partial charge in [0.05, 0.1) is 6.04 Å². The van der Waals surface area contributed by atoms with Gasteiger partial charge in [-0.3, -0.25) is 4.90 Å². The van der Waals surface area contributed by atoms with Crippen LogP contribution in [0.3, 0.4) is 0 Å². The van der Waals surface area contributed by atoms with Crippen LogP contribution in [0, 0.1) is 11.8 Å². The van der Waals surface area contributed by atoms with Crippen LogP contribution in [-0.2, 0) is 9.53 Å². The number of hydrogen-bond acceptors (Lipinski definition) is 4. The molecule has 0 amide bonds. The number of esters is 1. The number of ether oxygens (including phenoxy) is 1. The fourth-order valence-corrected chi connectivity index (χ4v) is 5.00. The molecule has 0 bridgehead atoms. The monoisotopic (exact) mass is 332 g/mol. The Bertz CT molecular complexity index is 900. The number of carbonyl (C=O) groups excluding carboxylic acids is 1. The molecule has 0 unspecified atom stereocenters. The van der Waals surface area contributed by atoms with Crippen molar-refractivity contribution in [3.8, 4) is 11.8 Å². The molecule has 3 atom stereocenters. The number of rotatable bonds is 0. The molecule has 1 aromatic rings. The lowest BCUT2D eigenvalue weighted by atomic mass is 9.65. The quantitative estimate of drug-likeness (QED) is 0.450. The maximum absolute atomic E-state index is 12.1. The summed E-state index contributed by atoms with van der Waals surface area (Å²) in [4.78, 5) is 14.6. The van der Waals surface area contributed by atoms with Gasteiger partial charge in [0.15, 0.2) is 5.60 Å². The summed E-state index contributed by atoms with van der Waals surface area (Å²) in [5.41, 5.74) is 10.1. The highest BCUT2D eigenvalue weighted by Gasteiger charge is 2.68. The van der Waals surface area contributed by atoms with Gasteiger partial charge in [-0.2, -0.15) is 0 Å². The van der Waals surface area contributed by atoms with Gasteiger partial charge in [0.1, 0.15) is 0 Å². The topological polar surface area (TPSA) is 55.6 Å². The van der Waals surface area contributed by atoms with Crippen molar-refractivity contribution in [2.24, 2.45) is 0 Å². The molecule has 2 N–H and O–H groups in total. The maximum Gasteiger partial charge on any atom is 0.332 e. The normalized spacial score (nSPS) is 32.7. The predicted molar refractivity (Wildman–Crippen MR) is 95.5 cm³/mol. The first-order chi connectivity index (χ1) is 12.1. The van der Waals surface area contributed by atoms with E-state index >= 15 is 0 Å². The Balaban J connectivity index is 1.60. The smallest absolute Gasteiger partial charge is 0.332 e. The van der Waals surface area contributed by atoms with Crippen molar-refractivity contribution < 1.29 is 9.53 Å². The first-order valence-electron chi connectivity index (χ1n) is 8.95. The van der Waals surface area contributed by atoms with E-state index in [0.29, 0.717) is 0 Å². The number of fused-ring (bicyclic) bond motifs is 1. The van der Waals surface area contributed by atoms with E-state index in [2.05, 4.69) is 23.7 Å². The Hall–Kier alpha value is -2.51. The van der Waals surface area contributed by atoms with Crippen molar-refractivity contribution in [2.45, 2.75) is 43.9 Å². The molecule has 1 aromatic carbocycles. The third-order valence-electron chi connectivity index (χ3n) is 6.03. The van der Waals surface area contributed by atoms with Gasteiger partial charge < -0.3 is 10.5 Å². The summed E-state index contributed by atoms with van der Waals surface area (Å²) >= 11 is 0. The number of piperidine rings is 1. The summed E-state index contributed by atoms with van der Waals surface area (Å²) in [5.74, 6) is 6.31. The van der Waals surface area contributed by atoms with Crippen molar-refractivity contribution in [1.82, 2.24) is 4.90 Å². The number of benzene rings is 1. The summed E-state index contributed by atoms with van der Waals surface area (Å²) in [7, 11) is 0. The van der Waals surface area contributed by atoms with Crippen LogP contribution in [-0.4, -0.2) is 35.1 Å². The lowest BCUT2D eigenvalue weighted by molar-refractivity contribution is -0.146. The molecule has 2 fully saturated rings. The fourth-order valence-electron chi connectivity index (χ4n) is 5.00. The number of nitrogen functional groups attached to an aromatic ring is 1. The number of nitrogens with zero attached hydrogens (tertiary/aromatic N) is 1. The summed E-state index contributed by atoms with van der Waals surface area (Å²) in [6.45, 7) is 3.29. The van der Waals surface area contributed by atoms with E-state index in [4.69, 9.17) is 10.5 Å². The van der Waals surface area contributed by atoms with Crippen molar-refractivity contribution in [3.05, 3.63) is 52.6 Å². The fraction of sp³-hybridized carbons (Fsp3) is 0.381. The first kappa shape index (κ1) is 14.8. The van der Waals surface area contributed by atoms with Crippen LogP contribution < -0.4 is 5.73 Å². The Kier molecular flexibility index (Phi) is 2.96. The van der Waals surface area contributed by atoms with Crippen LogP contribution in [0.5, 0.6) is 0 Å². The van der Waals surface area contributed by atoms with Crippen LogP contribution in [0.4, 0.5) is 5.69 Å². The third kappa shape index (κ3) is 1.85. The number of nitrogens with two attached hydrogens (primary N) is 1. The Morgan fingerprint density at radius 2 is 2.04 bits per heavy atom. The van der Waals surface area contributed by atoms with Crippen LogP contribution in [0.15, 0.2) is 47.1 Å². The maximum atomic E-state index is 12.1. The summed E-state index contributed by atoms with van der Waals surface area (Å²) in [6, 6.07) is 8.12. The lowest BCUT2D eigenvalue weighted by Gasteiger charge is -2.43. The Labute approximate surface area is 147 Å². The standard InChI is InChI=1S/C21H20N2O2/c1-13-20-16(10-7-14-5-8-15(22)9-6-14)17-12-19(24)25-21(17,20)18-4-2-3-11-23(13)18/h5-6,8-9,12-13,18H,2-4,11,22H2,1H3/t13-,18+,21-/m0/s1. The average molecular weight is 332 g/mol. The molecule has 1 spiro atoms. The van der Waals surface area contributed by atoms with E-state index in [1.807, 2.05) is 24.3 Å². The second-order valence-electron chi connectivity index (χ2n) is 7.30. The zero-order valence-corrected chi connectivity index (χ0v) is 14.2. The largest absolute Gasteiger partial charge is 0.445 e. The molecule has 5 rings (SSSR count). The SMILES string of the molecule is C[C@H]1C2=C(C#Cc3ccc(N)cc3)C3=CC(=O)O[C@]32[C@H]2CCCCN12. The minimum absolute atomic E-state index is 0.226. The molecular weight excluding hydrogens is 312 g/mol. The van der Waals surface area contributed by atoms with Crippen molar-refractivity contribution >= 4 is 11.7 Å². The molecule has 0 radical (unpaired) electrons. The highest BCUT2D eigenvalue weighted by Crippen LogP contribution is 2.61. The molecule has 3 aliphatic heterocycles. The van der Waals surface area contributed by atoms with Crippen LogP contribution in [0.1, 0.15) is 31.7 Å². The van der Waals surface area contributed by atoms with Gasteiger partial charge >= 0.3 is 5.97 Å². The van der Waals surface area contributed by atoms with E-state index in [-0.39, 0.29) is 18.1 Å². The van der Waals surface area contributed by atoms with Crippen LogP contribution >= 0.6 is 0 Å². The zero-order chi connectivity index (χ0) is 17.2. The summed E-state index contributed by atoms with van der Waals surface area (Å²) < 4.78 is 5.89. The zero-order valence-electron chi connectivity index (χ0n) is 14.2. The molecule has 126 valence electrons. The van der Waals surface area contributed by atoms with E-state index in [0.717, 1.165) is 35.4 Å². The molecule has 2 saturated heterocycles. The van der Waals surface area contributed by atoms with Gasteiger partial charge in [0, 0.05) is 40.1 Å². The lowest BCUT2D eigenvalue weighted by Crippen LogP contribution is -2.52. The molecule has 4 heteroatoms. The number of hydrogen-bond donors (Lipinski definition) is 1. The number of anilines is 1. The van der Waals surface area contributed by atoms with E-state index in [1.54, 1.807) is 6.08 Å². The summed E-state index contributed by atoms with van der Waals surface area (Å²) in [5, 5.41) is 0. The molecule has 4 aliphatic rings. The van der Waals surface area contributed by atoms with E-state index < -0.39 is 5.60 Å². The second kappa shape index (κ2) is 5.00. The van der Waals surface area contributed by atoms with E-state index in [9.17, 15) is 4.79 Å².